The first kappa shape index (κ1) is 14.8. The highest BCUT2D eigenvalue weighted by Crippen LogP contribution is 2.28. The fourth-order valence-corrected chi connectivity index (χ4v) is 2.15. The quantitative estimate of drug-likeness (QED) is 0.678. The van der Waals surface area contributed by atoms with E-state index >= 15 is 0 Å². The predicted molar refractivity (Wildman–Crippen MR) is 78.4 cm³/mol. The smallest absolute Gasteiger partial charge is 0.319 e. The zero-order chi connectivity index (χ0) is 15.4. The van der Waals surface area contributed by atoms with Gasteiger partial charge in [-0.3, -0.25) is 9.59 Å². The van der Waals surface area contributed by atoms with Gasteiger partial charge >= 0.3 is 5.97 Å². The standard InChI is InChI=1S/C16H17NO4/c1-4-21-12-7-5-11(6-8-12)9-13-14(16(19)20-3)10(2)17-15(13)18/h5-9,14H,2,4H2,1,3H3,(H,17,18)/b13-9+/t14-/m0/s1. The number of hydrogen-bond donors (Lipinski definition) is 1. The van der Waals surface area contributed by atoms with Crippen LogP contribution in [0.4, 0.5) is 0 Å². The average Bonchev–Trinajstić information content (AvgIpc) is 2.75. The second-order valence-corrected chi connectivity index (χ2v) is 4.54. The van der Waals surface area contributed by atoms with Gasteiger partial charge < -0.3 is 14.8 Å². The minimum absolute atomic E-state index is 0.329. The van der Waals surface area contributed by atoms with E-state index in [1.165, 1.54) is 7.11 Å². The van der Waals surface area contributed by atoms with Crippen LogP contribution in [0.1, 0.15) is 12.5 Å². The van der Waals surface area contributed by atoms with Gasteiger partial charge in [0.1, 0.15) is 11.7 Å². The Morgan fingerprint density at radius 1 is 1.38 bits per heavy atom. The van der Waals surface area contributed by atoms with Gasteiger partial charge in [0.05, 0.1) is 13.7 Å². The number of esters is 1. The molecule has 110 valence electrons. The van der Waals surface area contributed by atoms with Crippen molar-refractivity contribution in [3.05, 3.63) is 47.7 Å². The van der Waals surface area contributed by atoms with Crippen LogP contribution in [0.5, 0.6) is 5.75 Å². The lowest BCUT2D eigenvalue weighted by atomic mass is 9.98. The molecular weight excluding hydrogens is 270 g/mol. The van der Waals surface area contributed by atoms with Crippen molar-refractivity contribution in [3.63, 3.8) is 0 Å². The minimum Gasteiger partial charge on any atom is -0.494 e. The van der Waals surface area contributed by atoms with E-state index in [2.05, 4.69) is 11.9 Å². The molecule has 0 bridgehead atoms. The van der Waals surface area contributed by atoms with Gasteiger partial charge in [-0.05, 0) is 30.7 Å². The largest absolute Gasteiger partial charge is 0.494 e. The van der Waals surface area contributed by atoms with Crippen LogP contribution in [0.2, 0.25) is 0 Å². The van der Waals surface area contributed by atoms with Crippen LogP contribution in [0.3, 0.4) is 0 Å². The Morgan fingerprint density at radius 2 is 2.05 bits per heavy atom. The van der Waals surface area contributed by atoms with Crippen molar-refractivity contribution in [1.29, 1.82) is 0 Å². The number of carbonyl (C=O) groups is 2. The molecule has 1 aliphatic heterocycles. The molecule has 2 rings (SSSR count). The van der Waals surface area contributed by atoms with Gasteiger partial charge in [0.15, 0.2) is 0 Å². The molecule has 1 fully saturated rings. The van der Waals surface area contributed by atoms with E-state index < -0.39 is 11.9 Å². The van der Waals surface area contributed by atoms with E-state index in [0.29, 0.717) is 17.9 Å². The number of methoxy groups -OCH3 is 1. The average molecular weight is 287 g/mol. The molecular formula is C16H17NO4. The molecule has 0 saturated carbocycles. The number of hydrogen-bond acceptors (Lipinski definition) is 4. The Hall–Kier alpha value is -2.56. The van der Waals surface area contributed by atoms with Gasteiger partial charge in [-0.25, -0.2) is 0 Å². The van der Waals surface area contributed by atoms with Crippen LogP contribution in [-0.2, 0) is 14.3 Å². The van der Waals surface area contributed by atoms with Crippen molar-refractivity contribution >= 4 is 18.0 Å². The molecule has 0 radical (unpaired) electrons. The fourth-order valence-electron chi connectivity index (χ4n) is 2.15. The molecule has 0 spiro atoms. The third-order valence-electron chi connectivity index (χ3n) is 3.15. The summed E-state index contributed by atoms with van der Waals surface area (Å²) in [4.78, 5) is 23.7. The van der Waals surface area contributed by atoms with Gasteiger partial charge in [0.2, 0.25) is 0 Å². The number of benzene rings is 1. The van der Waals surface area contributed by atoms with Crippen molar-refractivity contribution in [2.75, 3.05) is 13.7 Å². The first-order valence-electron chi connectivity index (χ1n) is 6.59. The van der Waals surface area contributed by atoms with Crippen LogP contribution in [-0.4, -0.2) is 25.6 Å². The zero-order valence-electron chi connectivity index (χ0n) is 12.0. The fraction of sp³-hybridized carbons (Fsp3) is 0.250. The van der Waals surface area contributed by atoms with Crippen molar-refractivity contribution in [2.24, 2.45) is 5.92 Å². The number of rotatable bonds is 4. The van der Waals surface area contributed by atoms with Crippen LogP contribution in [0.15, 0.2) is 42.1 Å². The monoisotopic (exact) mass is 287 g/mol. The summed E-state index contributed by atoms with van der Waals surface area (Å²) in [7, 11) is 1.28. The molecule has 1 saturated heterocycles. The Bertz CT molecular complexity index is 601. The van der Waals surface area contributed by atoms with E-state index in [1.807, 2.05) is 31.2 Å². The van der Waals surface area contributed by atoms with Gasteiger partial charge in [-0.15, -0.1) is 0 Å². The highest BCUT2D eigenvalue weighted by atomic mass is 16.5. The number of ether oxygens (including phenoxy) is 2. The van der Waals surface area contributed by atoms with Gasteiger partial charge in [0.25, 0.3) is 5.91 Å². The summed E-state index contributed by atoms with van der Waals surface area (Å²) in [5, 5.41) is 2.56. The van der Waals surface area contributed by atoms with Crippen molar-refractivity contribution in [1.82, 2.24) is 5.32 Å². The van der Waals surface area contributed by atoms with Crippen molar-refractivity contribution in [3.8, 4) is 5.75 Å². The summed E-state index contributed by atoms with van der Waals surface area (Å²) < 4.78 is 10.1. The SMILES string of the molecule is C=C1NC(=O)/C(=C/c2ccc(OCC)cc2)[C@H]1C(=O)OC. The molecule has 0 aliphatic carbocycles. The topological polar surface area (TPSA) is 64.6 Å². The zero-order valence-corrected chi connectivity index (χ0v) is 12.0. The lowest BCUT2D eigenvalue weighted by molar-refractivity contribution is -0.142. The molecule has 5 nitrogen and oxygen atoms in total. The molecule has 0 unspecified atom stereocenters. The summed E-state index contributed by atoms with van der Waals surface area (Å²) in [5.74, 6) is -0.849. The maximum absolute atomic E-state index is 11.9. The third kappa shape index (κ3) is 3.13. The number of nitrogens with one attached hydrogen (secondary N) is 1. The molecule has 1 aliphatic rings. The van der Waals surface area contributed by atoms with Crippen LogP contribution < -0.4 is 10.1 Å². The van der Waals surface area contributed by atoms with Gasteiger partial charge in [-0.2, -0.15) is 0 Å². The molecule has 0 aromatic heterocycles. The second-order valence-electron chi connectivity index (χ2n) is 4.54. The van der Waals surface area contributed by atoms with E-state index in [4.69, 9.17) is 9.47 Å². The molecule has 21 heavy (non-hydrogen) atoms. The minimum atomic E-state index is -0.769. The maximum atomic E-state index is 11.9. The molecule has 1 aromatic rings. The Labute approximate surface area is 123 Å². The first-order chi connectivity index (χ1) is 10.1. The van der Waals surface area contributed by atoms with Crippen LogP contribution in [0.25, 0.3) is 6.08 Å². The summed E-state index contributed by atoms with van der Waals surface area (Å²) in [6, 6.07) is 7.26. The van der Waals surface area contributed by atoms with E-state index in [0.717, 1.165) is 11.3 Å². The summed E-state index contributed by atoms with van der Waals surface area (Å²) in [5.41, 5.74) is 1.47. The molecule has 1 amide bonds. The summed E-state index contributed by atoms with van der Waals surface area (Å²) >= 11 is 0. The first-order valence-corrected chi connectivity index (χ1v) is 6.59. The maximum Gasteiger partial charge on any atom is 0.319 e. The lowest BCUT2D eigenvalue weighted by Gasteiger charge is -2.08. The van der Waals surface area contributed by atoms with Gasteiger partial charge in [0, 0.05) is 11.3 Å². The molecule has 1 heterocycles. The summed E-state index contributed by atoms with van der Waals surface area (Å²) in [6.07, 6.45) is 1.66. The highest BCUT2D eigenvalue weighted by molar-refractivity contribution is 6.08. The molecule has 1 N–H and O–H groups in total. The van der Waals surface area contributed by atoms with E-state index in [9.17, 15) is 9.59 Å². The van der Waals surface area contributed by atoms with E-state index in [1.54, 1.807) is 6.08 Å². The van der Waals surface area contributed by atoms with Crippen molar-refractivity contribution in [2.45, 2.75) is 6.92 Å². The third-order valence-corrected chi connectivity index (χ3v) is 3.15. The van der Waals surface area contributed by atoms with Crippen molar-refractivity contribution < 1.29 is 19.1 Å². The van der Waals surface area contributed by atoms with Crippen LogP contribution >= 0.6 is 0 Å². The molecule has 1 atom stereocenters. The highest BCUT2D eigenvalue weighted by Gasteiger charge is 2.37. The normalized spacial score (nSPS) is 19.5. The molecule has 5 heteroatoms. The Kier molecular flexibility index (Phi) is 4.42. The number of amides is 1. The summed E-state index contributed by atoms with van der Waals surface area (Å²) in [6.45, 7) is 6.19. The van der Waals surface area contributed by atoms with E-state index in [-0.39, 0.29) is 5.91 Å². The number of carbonyl (C=O) groups excluding carboxylic acids is 2. The Morgan fingerprint density at radius 3 is 2.62 bits per heavy atom. The predicted octanol–water partition coefficient (Wildman–Crippen LogP) is 1.90. The van der Waals surface area contributed by atoms with Crippen LogP contribution in [0, 0.1) is 5.92 Å². The second kappa shape index (κ2) is 6.26. The Balaban J connectivity index is 2.30. The molecule has 1 aromatic carbocycles. The van der Waals surface area contributed by atoms with Gasteiger partial charge in [-0.1, -0.05) is 18.7 Å². The lowest BCUT2D eigenvalue weighted by Crippen LogP contribution is -2.17.